The third-order valence-electron chi connectivity index (χ3n) is 7.24. The summed E-state index contributed by atoms with van der Waals surface area (Å²) in [4.78, 5) is 30.3. The van der Waals surface area contributed by atoms with E-state index >= 15 is 0 Å². The van der Waals surface area contributed by atoms with Crippen molar-refractivity contribution in [2.75, 3.05) is 39.3 Å². The molecule has 2 fully saturated rings. The summed E-state index contributed by atoms with van der Waals surface area (Å²) in [6.07, 6.45) is 4.88. The molecule has 1 amide bonds. The maximum Gasteiger partial charge on any atom is 0.255 e. The molecule has 2 aromatic carbocycles. The van der Waals surface area contributed by atoms with E-state index in [9.17, 15) is 18.0 Å². The Balaban J connectivity index is 1.12. The first-order valence-corrected chi connectivity index (χ1v) is 15.2. The Hall–Kier alpha value is -2.63. The normalized spacial score (nSPS) is 17.2. The van der Waals surface area contributed by atoms with Crippen LogP contribution in [0.4, 0.5) is 0 Å². The number of H-pyrrole nitrogens is 1. The number of hydrogen-bond acceptors (Lipinski definition) is 6. The van der Waals surface area contributed by atoms with Crippen LogP contribution in [0, 0.1) is 0 Å². The topological polar surface area (TPSA) is 112 Å². The molecule has 0 radical (unpaired) electrons. The molecule has 0 unspecified atom stereocenters. The summed E-state index contributed by atoms with van der Waals surface area (Å²) in [5.41, 5.74) is -0.133. The monoisotopic (exact) mass is 592 g/mol. The van der Waals surface area contributed by atoms with E-state index in [2.05, 4.69) is 15.2 Å². The fraction of sp³-hybridized carbons (Fsp3) is 0.407. The molecule has 5 rings (SSSR count). The second-order valence-corrected chi connectivity index (χ2v) is 12.6. The molecule has 12 heteroatoms. The number of rotatable bonds is 9. The molecule has 3 aromatic rings. The van der Waals surface area contributed by atoms with Gasteiger partial charge in [-0.2, -0.15) is 4.31 Å². The fourth-order valence-corrected chi connectivity index (χ4v) is 6.69. The largest absolute Gasteiger partial charge is 0.490 e. The van der Waals surface area contributed by atoms with Gasteiger partial charge in [0.15, 0.2) is 0 Å². The lowest BCUT2D eigenvalue weighted by atomic mass is 10.1. The van der Waals surface area contributed by atoms with Crippen LogP contribution in [0.5, 0.6) is 5.75 Å². The van der Waals surface area contributed by atoms with Gasteiger partial charge in [-0.15, -0.1) is 0 Å². The Morgan fingerprint density at radius 3 is 2.49 bits per heavy atom. The Kier molecular flexibility index (Phi) is 8.49. The molecular formula is C27H30Cl2N4O5S. The standard InChI is InChI=1S/C27H30Cl2N4O5S/c28-24-6-3-19(15-25(24)29)38-18-7-13-32(14-8-18)10-1-9-30-27(35)23-17-31-26(34)22-16-20(4-5-21(22)23)39(36,37)33-11-2-12-33/h3-6,15-18H,1-2,7-14H2,(H,30,35)(H,31,34). The zero-order valence-corrected chi connectivity index (χ0v) is 23.6. The average Bonchev–Trinajstić information content (AvgIpc) is 2.88. The van der Waals surface area contributed by atoms with Crippen molar-refractivity contribution in [1.82, 2.24) is 19.5 Å². The van der Waals surface area contributed by atoms with Gasteiger partial charge in [-0.1, -0.05) is 29.3 Å². The molecule has 39 heavy (non-hydrogen) atoms. The number of fused-ring (bicyclic) bond motifs is 1. The molecular weight excluding hydrogens is 563 g/mol. The fourth-order valence-electron chi connectivity index (χ4n) is 4.86. The Morgan fingerprint density at radius 2 is 1.79 bits per heavy atom. The highest BCUT2D eigenvalue weighted by molar-refractivity contribution is 7.89. The molecule has 3 heterocycles. The van der Waals surface area contributed by atoms with Gasteiger partial charge in [0.2, 0.25) is 10.0 Å². The van der Waals surface area contributed by atoms with E-state index in [0.29, 0.717) is 46.4 Å². The van der Waals surface area contributed by atoms with Crippen LogP contribution in [0.15, 0.2) is 52.3 Å². The molecule has 9 nitrogen and oxygen atoms in total. The van der Waals surface area contributed by atoms with E-state index in [1.807, 2.05) is 6.07 Å². The number of aromatic amines is 1. The predicted octanol–water partition coefficient (Wildman–Crippen LogP) is 3.89. The third kappa shape index (κ3) is 6.25. The van der Waals surface area contributed by atoms with Gasteiger partial charge in [-0.25, -0.2) is 8.42 Å². The summed E-state index contributed by atoms with van der Waals surface area (Å²) in [7, 11) is -3.64. The number of hydrogen-bond donors (Lipinski definition) is 2. The predicted molar refractivity (Wildman–Crippen MR) is 151 cm³/mol. The Morgan fingerprint density at radius 1 is 1.03 bits per heavy atom. The van der Waals surface area contributed by atoms with Crippen LogP contribution in [0.1, 0.15) is 36.0 Å². The average molecular weight is 594 g/mol. The highest BCUT2D eigenvalue weighted by Gasteiger charge is 2.30. The molecule has 2 N–H and O–H groups in total. The molecule has 2 saturated heterocycles. The van der Waals surface area contributed by atoms with Crippen molar-refractivity contribution in [2.24, 2.45) is 0 Å². The molecule has 2 aliphatic heterocycles. The maximum atomic E-state index is 12.9. The molecule has 1 aromatic heterocycles. The van der Waals surface area contributed by atoms with Crippen LogP contribution in [0.25, 0.3) is 10.8 Å². The lowest BCUT2D eigenvalue weighted by Gasteiger charge is -2.32. The number of carbonyl (C=O) groups is 1. The number of nitrogens with one attached hydrogen (secondary N) is 2. The number of ether oxygens (including phenoxy) is 1. The van der Waals surface area contributed by atoms with Gasteiger partial charge in [0, 0.05) is 55.8 Å². The molecule has 208 valence electrons. The van der Waals surface area contributed by atoms with Crippen LogP contribution in [0.2, 0.25) is 10.0 Å². The second kappa shape index (κ2) is 11.9. The van der Waals surface area contributed by atoms with Gasteiger partial charge in [-0.3, -0.25) is 9.59 Å². The minimum Gasteiger partial charge on any atom is -0.490 e. The lowest BCUT2D eigenvalue weighted by Crippen LogP contribution is -2.41. The van der Waals surface area contributed by atoms with E-state index in [-0.39, 0.29) is 22.3 Å². The van der Waals surface area contributed by atoms with Crippen molar-refractivity contribution in [3.63, 3.8) is 0 Å². The van der Waals surface area contributed by atoms with Crippen molar-refractivity contribution in [1.29, 1.82) is 0 Å². The number of carbonyl (C=O) groups excluding carboxylic acids is 1. The number of sulfonamides is 1. The number of benzene rings is 2. The SMILES string of the molecule is O=C(NCCCN1CCC(Oc2ccc(Cl)c(Cl)c2)CC1)c1c[nH]c(=O)c2cc(S(=O)(=O)N3CCC3)ccc12. The quantitative estimate of drug-likeness (QED) is 0.365. The number of nitrogens with zero attached hydrogens (tertiary/aromatic N) is 2. The van der Waals surface area contributed by atoms with Crippen LogP contribution < -0.4 is 15.6 Å². The van der Waals surface area contributed by atoms with Gasteiger partial charge in [0.05, 0.1) is 20.5 Å². The lowest BCUT2D eigenvalue weighted by molar-refractivity contribution is 0.0936. The van der Waals surface area contributed by atoms with Crippen molar-refractivity contribution in [3.05, 3.63) is 68.6 Å². The van der Waals surface area contributed by atoms with E-state index in [1.54, 1.807) is 12.1 Å². The van der Waals surface area contributed by atoms with E-state index < -0.39 is 15.6 Å². The number of piperidine rings is 1. The second-order valence-electron chi connectivity index (χ2n) is 9.84. The van der Waals surface area contributed by atoms with Gasteiger partial charge in [0.25, 0.3) is 11.5 Å². The Bertz CT molecular complexity index is 1530. The highest BCUT2D eigenvalue weighted by atomic mass is 35.5. The third-order valence-corrected chi connectivity index (χ3v) is 9.87. The number of amides is 1. The molecule has 2 aliphatic rings. The Labute approximate surface area is 237 Å². The van der Waals surface area contributed by atoms with Crippen LogP contribution >= 0.6 is 23.2 Å². The zero-order chi connectivity index (χ0) is 27.6. The van der Waals surface area contributed by atoms with E-state index in [1.165, 1.54) is 28.7 Å². The zero-order valence-electron chi connectivity index (χ0n) is 21.3. The van der Waals surface area contributed by atoms with Crippen molar-refractivity contribution >= 4 is 49.9 Å². The van der Waals surface area contributed by atoms with Crippen molar-refractivity contribution in [3.8, 4) is 5.75 Å². The molecule has 0 spiro atoms. The summed E-state index contributed by atoms with van der Waals surface area (Å²) in [6.45, 7) is 4.05. The smallest absolute Gasteiger partial charge is 0.255 e. The van der Waals surface area contributed by atoms with Crippen molar-refractivity contribution in [2.45, 2.75) is 36.7 Å². The van der Waals surface area contributed by atoms with Gasteiger partial charge in [-0.05, 0) is 56.5 Å². The first kappa shape index (κ1) is 27.9. The summed E-state index contributed by atoms with van der Waals surface area (Å²) in [5, 5.41) is 4.49. The number of likely N-dealkylation sites (tertiary alicyclic amines) is 1. The summed E-state index contributed by atoms with van der Waals surface area (Å²) < 4.78 is 32.9. The van der Waals surface area contributed by atoms with E-state index in [4.69, 9.17) is 27.9 Å². The molecule has 0 aliphatic carbocycles. The van der Waals surface area contributed by atoms with E-state index in [0.717, 1.165) is 45.3 Å². The van der Waals surface area contributed by atoms with Gasteiger partial charge >= 0.3 is 0 Å². The first-order chi connectivity index (χ1) is 18.7. The summed E-state index contributed by atoms with van der Waals surface area (Å²) >= 11 is 12.0. The van der Waals surface area contributed by atoms with Crippen molar-refractivity contribution < 1.29 is 17.9 Å². The maximum absolute atomic E-state index is 12.9. The summed E-state index contributed by atoms with van der Waals surface area (Å²) in [6, 6.07) is 9.64. The number of halogens is 2. The van der Waals surface area contributed by atoms with Crippen LogP contribution in [-0.2, 0) is 10.0 Å². The molecule has 0 bridgehead atoms. The minimum absolute atomic E-state index is 0.0592. The molecule has 0 saturated carbocycles. The van der Waals surface area contributed by atoms with Gasteiger partial charge in [0.1, 0.15) is 11.9 Å². The highest BCUT2D eigenvalue weighted by Crippen LogP contribution is 2.28. The number of aromatic nitrogens is 1. The van der Waals surface area contributed by atoms with Gasteiger partial charge < -0.3 is 19.9 Å². The minimum atomic E-state index is -3.64. The summed E-state index contributed by atoms with van der Waals surface area (Å²) in [5.74, 6) is 0.401. The van der Waals surface area contributed by atoms with Crippen LogP contribution in [0.3, 0.4) is 0 Å². The van der Waals surface area contributed by atoms with Crippen LogP contribution in [-0.4, -0.2) is 73.9 Å². The first-order valence-electron chi connectivity index (χ1n) is 13.0. The molecule has 0 atom stereocenters. The number of pyridine rings is 1.